The smallest absolute Gasteiger partial charge is 0.269 e. The summed E-state index contributed by atoms with van der Waals surface area (Å²) in [6.07, 6.45) is 1.21. The van der Waals surface area contributed by atoms with E-state index >= 15 is 0 Å². The van der Waals surface area contributed by atoms with Crippen LogP contribution in [0, 0.1) is 0 Å². The normalized spacial score (nSPS) is 10.4. The number of carbonyl (C=O) groups is 2. The molecule has 0 fully saturated rings. The van der Waals surface area contributed by atoms with E-state index in [4.69, 9.17) is 0 Å². The molecule has 0 bridgehead atoms. The van der Waals surface area contributed by atoms with Crippen molar-refractivity contribution in [1.29, 1.82) is 0 Å². The van der Waals surface area contributed by atoms with E-state index in [0.29, 0.717) is 22.4 Å². The second kappa shape index (κ2) is 6.96. The van der Waals surface area contributed by atoms with Gasteiger partial charge in [0.05, 0.1) is 17.2 Å². The Morgan fingerprint density at radius 1 is 1.00 bits per heavy atom. The minimum absolute atomic E-state index is 0.116. The number of nitrogens with zero attached hydrogens (tertiary/aromatic N) is 2. The molecule has 2 amide bonds. The summed E-state index contributed by atoms with van der Waals surface area (Å²) in [4.78, 5) is 39.4. The van der Waals surface area contributed by atoms with Gasteiger partial charge in [-0.15, -0.1) is 0 Å². The summed E-state index contributed by atoms with van der Waals surface area (Å²) >= 11 is 0. The average Bonchev–Trinajstić information content (AvgIpc) is 2.59. The molecule has 3 rings (SSSR count). The monoisotopic (exact) mass is 336 g/mol. The number of para-hydroxylation sites is 2. The molecule has 7 nitrogen and oxygen atoms in total. The molecule has 7 heteroatoms. The van der Waals surface area contributed by atoms with Crippen molar-refractivity contribution in [2.45, 2.75) is 13.5 Å². The molecular weight excluding hydrogens is 320 g/mol. The average molecular weight is 336 g/mol. The van der Waals surface area contributed by atoms with Gasteiger partial charge < -0.3 is 10.6 Å². The lowest BCUT2D eigenvalue weighted by molar-refractivity contribution is -0.117. The van der Waals surface area contributed by atoms with Crippen LogP contribution in [0.4, 0.5) is 11.4 Å². The van der Waals surface area contributed by atoms with Gasteiger partial charge in [-0.3, -0.25) is 19.0 Å². The Kier molecular flexibility index (Phi) is 4.56. The summed E-state index contributed by atoms with van der Waals surface area (Å²) in [7, 11) is 0. The van der Waals surface area contributed by atoms with E-state index in [0.717, 1.165) is 0 Å². The highest BCUT2D eigenvalue weighted by molar-refractivity contribution is 5.92. The van der Waals surface area contributed by atoms with Crippen LogP contribution in [0.25, 0.3) is 11.0 Å². The highest BCUT2D eigenvalue weighted by Crippen LogP contribution is 2.14. The Bertz CT molecular complexity index is 993. The van der Waals surface area contributed by atoms with Gasteiger partial charge in [-0.05, 0) is 36.4 Å². The minimum Gasteiger partial charge on any atom is -0.326 e. The third kappa shape index (κ3) is 3.89. The van der Waals surface area contributed by atoms with Crippen LogP contribution < -0.4 is 16.2 Å². The molecule has 2 N–H and O–H groups in total. The standard InChI is InChI=1S/C18H16N4O3/c1-12(23)20-13-6-8-14(9-7-13)21-17(24)11-22-16-5-3-2-4-15(16)19-10-18(22)25/h2-10H,11H2,1H3,(H,20,23)(H,21,24). The van der Waals surface area contributed by atoms with E-state index in [1.54, 1.807) is 42.5 Å². The Morgan fingerprint density at radius 3 is 2.32 bits per heavy atom. The van der Waals surface area contributed by atoms with E-state index in [-0.39, 0.29) is 23.9 Å². The zero-order valence-corrected chi connectivity index (χ0v) is 13.5. The molecule has 0 aliphatic heterocycles. The van der Waals surface area contributed by atoms with Gasteiger partial charge in [0.25, 0.3) is 5.56 Å². The molecule has 0 radical (unpaired) electrons. The molecule has 3 aromatic rings. The van der Waals surface area contributed by atoms with Gasteiger partial charge in [-0.1, -0.05) is 12.1 Å². The maximum absolute atomic E-state index is 12.3. The minimum atomic E-state index is -0.338. The third-order valence-corrected chi connectivity index (χ3v) is 3.54. The molecule has 25 heavy (non-hydrogen) atoms. The highest BCUT2D eigenvalue weighted by atomic mass is 16.2. The summed E-state index contributed by atoms with van der Waals surface area (Å²) in [5.41, 5.74) is 2.13. The zero-order valence-electron chi connectivity index (χ0n) is 13.5. The lowest BCUT2D eigenvalue weighted by atomic mass is 10.2. The summed E-state index contributed by atoms with van der Waals surface area (Å²) in [5.74, 6) is -0.494. The SMILES string of the molecule is CC(=O)Nc1ccc(NC(=O)Cn2c(=O)cnc3ccccc32)cc1. The summed E-state index contributed by atoms with van der Waals surface area (Å²) in [5, 5.41) is 5.38. The van der Waals surface area contributed by atoms with E-state index in [1.165, 1.54) is 17.7 Å². The van der Waals surface area contributed by atoms with Gasteiger partial charge in [0.15, 0.2) is 0 Å². The van der Waals surface area contributed by atoms with Crippen molar-refractivity contribution >= 4 is 34.2 Å². The van der Waals surface area contributed by atoms with Gasteiger partial charge in [-0.25, -0.2) is 4.98 Å². The number of amides is 2. The highest BCUT2D eigenvalue weighted by Gasteiger charge is 2.09. The molecule has 0 saturated heterocycles. The Hall–Kier alpha value is -3.48. The Morgan fingerprint density at radius 2 is 1.64 bits per heavy atom. The molecule has 2 aromatic carbocycles. The summed E-state index contributed by atoms with van der Waals surface area (Å²) in [6.45, 7) is 1.31. The lowest BCUT2D eigenvalue weighted by Gasteiger charge is -2.10. The first kappa shape index (κ1) is 16.4. The van der Waals surface area contributed by atoms with Crippen LogP contribution in [0.5, 0.6) is 0 Å². The first-order chi connectivity index (χ1) is 12.0. The van der Waals surface area contributed by atoms with Crippen molar-refractivity contribution in [2.24, 2.45) is 0 Å². The predicted molar refractivity (Wildman–Crippen MR) is 95.4 cm³/mol. The van der Waals surface area contributed by atoms with Gasteiger partial charge in [0.2, 0.25) is 11.8 Å². The number of hydrogen-bond acceptors (Lipinski definition) is 4. The second-order valence-corrected chi connectivity index (χ2v) is 5.48. The number of nitrogens with one attached hydrogen (secondary N) is 2. The van der Waals surface area contributed by atoms with Crippen LogP contribution in [0.2, 0.25) is 0 Å². The molecule has 0 saturated carbocycles. The van der Waals surface area contributed by atoms with E-state index in [9.17, 15) is 14.4 Å². The van der Waals surface area contributed by atoms with Crippen LogP contribution in [-0.4, -0.2) is 21.4 Å². The van der Waals surface area contributed by atoms with E-state index < -0.39 is 0 Å². The van der Waals surface area contributed by atoms with Gasteiger partial charge in [-0.2, -0.15) is 0 Å². The van der Waals surface area contributed by atoms with Crippen molar-refractivity contribution in [3.05, 3.63) is 65.1 Å². The first-order valence-corrected chi connectivity index (χ1v) is 7.65. The number of fused-ring (bicyclic) bond motifs is 1. The van der Waals surface area contributed by atoms with Crippen LogP contribution in [0.15, 0.2) is 59.5 Å². The van der Waals surface area contributed by atoms with Crippen molar-refractivity contribution in [3.8, 4) is 0 Å². The van der Waals surface area contributed by atoms with E-state index in [1.807, 2.05) is 6.07 Å². The fourth-order valence-electron chi connectivity index (χ4n) is 2.46. The summed E-state index contributed by atoms with van der Waals surface area (Å²) < 4.78 is 1.38. The number of anilines is 2. The largest absolute Gasteiger partial charge is 0.326 e. The fraction of sp³-hybridized carbons (Fsp3) is 0.111. The van der Waals surface area contributed by atoms with Gasteiger partial charge in [0, 0.05) is 18.3 Å². The molecule has 0 unspecified atom stereocenters. The lowest BCUT2D eigenvalue weighted by Crippen LogP contribution is -2.27. The van der Waals surface area contributed by atoms with E-state index in [2.05, 4.69) is 15.6 Å². The topological polar surface area (TPSA) is 93.1 Å². The van der Waals surface area contributed by atoms with Crippen LogP contribution in [0.1, 0.15) is 6.92 Å². The van der Waals surface area contributed by atoms with Crippen molar-refractivity contribution in [3.63, 3.8) is 0 Å². The number of carbonyl (C=O) groups excluding carboxylic acids is 2. The molecule has 126 valence electrons. The van der Waals surface area contributed by atoms with Crippen molar-refractivity contribution in [1.82, 2.24) is 9.55 Å². The number of hydrogen-bond donors (Lipinski definition) is 2. The maximum atomic E-state index is 12.3. The summed E-state index contributed by atoms with van der Waals surface area (Å²) in [6, 6.07) is 13.9. The molecule has 0 spiro atoms. The maximum Gasteiger partial charge on any atom is 0.269 e. The zero-order chi connectivity index (χ0) is 17.8. The number of rotatable bonds is 4. The quantitative estimate of drug-likeness (QED) is 0.762. The number of benzene rings is 2. The van der Waals surface area contributed by atoms with Crippen LogP contribution in [-0.2, 0) is 16.1 Å². The Labute approximate surface area is 143 Å². The molecule has 0 atom stereocenters. The second-order valence-electron chi connectivity index (χ2n) is 5.48. The fourth-order valence-corrected chi connectivity index (χ4v) is 2.46. The van der Waals surface area contributed by atoms with Crippen LogP contribution >= 0.6 is 0 Å². The van der Waals surface area contributed by atoms with Crippen molar-refractivity contribution < 1.29 is 9.59 Å². The predicted octanol–water partition coefficient (Wildman–Crippen LogP) is 1.99. The first-order valence-electron chi connectivity index (χ1n) is 7.65. The van der Waals surface area contributed by atoms with Crippen molar-refractivity contribution in [2.75, 3.05) is 10.6 Å². The van der Waals surface area contributed by atoms with Gasteiger partial charge >= 0.3 is 0 Å². The molecule has 0 aliphatic rings. The third-order valence-electron chi connectivity index (χ3n) is 3.54. The van der Waals surface area contributed by atoms with Gasteiger partial charge in [0.1, 0.15) is 6.54 Å². The molecular formula is C18H16N4O3. The van der Waals surface area contributed by atoms with Crippen LogP contribution in [0.3, 0.4) is 0 Å². The molecule has 1 aromatic heterocycles. The molecule has 0 aliphatic carbocycles. The molecule has 1 heterocycles. The Balaban J connectivity index is 1.76. The number of aromatic nitrogens is 2.